The number of rotatable bonds is 2. The maximum absolute atomic E-state index is 6.76. The average molecular weight is 313 g/mol. The third kappa shape index (κ3) is 2.49. The summed E-state index contributed by atoms with van der Waals surface area (Å²) in [4.78, 5) is 1.24. The molecule has 1 aliphatic rings. The summed E-state index contributed by atoms with van der Waals surface area (Å²) >= 11 is 8.56. The first kappa shape index (κ1) is 13.4. The van der Waals surface area contributed by atoms with Crippen LogP contribution in [0.15, 0.2) is 48.5 Å². The molecule has 106 valence electrons. The van der Waals surface area contributed by atoms with Crippen LogP contribution in [-0.4, -0.2) is 0 Å². The highest BCUT2D eigenvalue weighted by Gasteiger charge is 2.17. The van der Waals surface area contributed by atoms with Gasteiger partial charge in [0.15, 0.2) is 0 Å². The molecule has 0 saturated heterocycles. The van der Waals surface area contributed by atoms with E-state index in [1.807, 2.05) is 0 Å². The smallest absolute Gasteiger partial charge is 0.0928 e. The minimum absolute atomic E-state index is 0.0328. The van der Waals surface area contributed by atoms with Gasteiger partial charge in [-0.3, -0.25) is 0 Å². The van der Waals surface area contributed by atoms with Crippen LogP contribution in [0.5, 0.6) is 0 Å². The van der Waals surface area contributed by atoms with Crippen LogP contribution < -0.4 is 0 Å². The van der Waals surface area contributed by atoms with Gasteiger partial charge in [-0.1, -0.05) is 36.4 Å². The van der Waals surface area contributed by atoms with Crippen molar-refractivity contribution in [1.82, 2.24) is 0 Å². The zero-order valence-corrected chi connectivity index (χ0v) is 13.4. The Hall–Kier alpha value is -1.31. The zero-order valence-electron chi connectivity index (χ0n) is 11.8. The predicted molar refractivity (Wildman–Crippen MR) is 92.6 cm³/mol. The molecule has 0 N–H and O–H groups in total. The molecule has 0 fully saturated rings. The first-order chi connectivity index (χ1) is 10.3. The van der Waals surface area contributed by atoms with Gasteiger partial charge in [-0.05, 0) is 59.9 Å². The Bertz CT molecular complexity index is 754. The predicted octanol–water partition coefficient (Wildman–Crippen LogP) is 6.11. The van der Waals surface area contributed by atoms with Crippen molar-refractivity contribution in [3.05, 3.63) is 70.1 Å². The highest BCUT2D eigenvalue weighted by Crippen LogP contribution is 2.38. The zero-order chi connectivity index (χ0) is 14.2. The van der Waals surface area contributed by atoms with Crippen LogP contribution in [0.25, 0.3) is 10.1 Å². The molecule has 1 heterocycles. The number of benzene rings is 2. The van der Waals surface area contributed by atoms with E-state index < -0.39 is 0 Å². The summed E-state index contributed by atoms with van der Waals surface area (Å²) in [5.74, 6) is 0. The van der Waals surface area contributed by atoms with Crippen molar-refractivity contribution < 1.29 is 0 Å². The van der Waals surface area contributed by atoms with Crippen molar-refractivity contribution in [3.8, 4) is 0 Å². The van der Waals surface area contributed by atoms with Gasteiger partial charge in [0.25, 0.3) is 0 Å². The Balaban J connectivity index is 1.71. The van der Waals surface area contributed by atoms with Crippen molar-refractivity contribution >= 4 is 33.0 Å². The first-order valence-electron chi connectivity index (χ1n) is 7.55. The standard InChI is InChI=1S/C19H17ClS/c20-19(18-12-15-7-3-4-8-17(15)21-18)16-10-9-13-5-1-2-6-14(13)11-16/h3-4,7-12,19H,1-2,5-6H2. The number of thiophene rings is 1. The number of fused-ring (bicyclic) bond motifs is 2. The van der Waals surface area contributed by atoms with Crippen LogP contribution >= 0.6 is 22.9 Å². The van der Waals surface area contributed by atoms with E-state index in [0.717, 1.165) is 0 Å². The van der Waals surface area contributed by atoms with Crippen LogP contribution in [0, 0.1) is 0 Å². The van der Waals surface area contributed by atoms with Gasteiger partial charge < -0.3 is 0 Å². The molecule has 2 aromatic carbocycles. The summed E-state index contributed by atoms with van der Waals surface area (Å²) < 4.78 is 1.32. The normalized spacial score (nSPS) is 15.9. The lowest BCUT2D eigenvalue weighted by Crippen LogP contribution is -2.03. The van der Waals surface area contributed by atoms with Gasteiger partial charge in [-0.15, -0.1) is 22.9 Å². The lowest BCUT2D eigenvalue weighted by molar-refractivity contribution is 0.684. The Morgan fingerprint density at radius 3 is 2.57 bits per heavy atom. The van der Waals surface area contributed by atoms with Crippen molar-refractivity contribution in [2.24, 2.45) is 0 Å². The maximum Gasteiger partial charge on any atom is 0.0928 e. The topological polar surface area (TPSA) is 0 Å². The lowest BCUT2D eigenvalue weighted by atomic mass is 9.90. The molecule has 0 nitrogen and oxygen atoms in total. The molecule has 0 bridgehead atoms. The van der Waals surface area contributed by atoms with E-state index >= 15 is 0 Å². The Labute approximate surface area is 134 Å². The molecule has 3 aromatic rings. The number of aryl methyl sites for hydroxylation is 2. The van der Waals surface area contributed by atoms with Gasteiger partial charge in [-0.25, -0.2) is 0 Å². The van der Waals surface area contributed by atoms with Gasteiger partial charge in [0.2, 0.25) is 0 Å². The summed E-state index contributed by atoms with van der Waals surface area (Å²) in [6.45, 7) is 0. The van der Waals surface area contributed by atoms with E-state index in [2.05, 4.69) is 48.5 Å². The van der Waals surface area contributed by atoms with Gasteiger partial charge in [-0.2, -0.15) is 0 Å². The molecular formula is C19H17ClS. The summed E-state index contributed by atoms with van der Waals surface area (Å²) in [6, 6.07) is 17.6. The first-order valence-corrected chi connectivity index (χ1v) is 8.81. The lowest BCUT2D eigenvalue weighted by Gasteiger charge is -2.18. The third-order valence-corrected chi connectivity index (χ3v) is 6.16. The van der Waals surface area contributed by atoms with Gasteiger partial charge in [0.05, 0.1) is 5.38 Å². The Morgan fingerprint density at radius 1 is 0.905 bits per heavy atom. The van der Waals surface area contributed by atoms with Gasteiger partial charge in [0.1, 0.15) is 0 Å². The van der Waals surface area contributed by atoms with E-state index in [1.165, 1.54) is 57.3 Å². The molecule has 0 aliphatic heterocycles. The SMILES string of the molecule is ClC(c1ccc2c(c1)CCCC2)c1cc2ccccc2s1. The van der Waals surface area contributed by atoms with Crippen LogP contribution in [0.4, 0.5) is 0 Å². The highest BCUT2D eigenvalue weighted by molar-refractivity contribution is 7.19. The fraction of sp³-hybridized carbons (Fsp3) is 0.263. The van der Waals surface area contributed by atoms with E-state index in [-0.39, 0.29) is 5.38 Å². The Kier molecular flexibility index (Phi) is 3.48. The van der Waals surface area contributed by atoms with Crippen molar-refractivity contribution in [2.45, 2.75) is 31.1 Å². The third-order valence-electron chi connectivity index (χ3n) is 4.36. The number of hydrogen-bond acceptors (Lipinski definition) is 1. The summed E-state index contributed by atoms with van der Waals surface area (Å²) in [5.41, 5.74) is 4.26. The second-order valence-electron chi connectivity index (χ2n) is 5.78. The van der Waals surface area contributed by atoms with Crippen molar-refractivity contribution in [3.63, 3.8) is 0 Å². The molecule has 0 saturated carbocycles. The molecule has 4 rings (SSSR count). The fourth-order valence-electron chi connectivity index (χ4n) is 3.20. The van der Waals surface area contributed by atoms with Crippen LogP contribution in [0.2, 0.25) is 0 Å². The largest absolute Gasteiger partial charge is 0.138 e. The molecule has 1 unspecified atom stereocenters. The summed E-state index contributed by atoms with van der Waals surface area (Å²) in [5, 5.41) is 1.26. The fourth-order valence-corrected chi connectivity index (χ4v) is 4.61. The minimum atomic E-state index is -0.0328. The molecule has 0 spiro atoms. The number of halogens is 1. The van der Waals surface area contributed by atoms with Gasteiger partial charge >= 0.3 is 0 Å². The van der Waals surface area contributed by atoms with E-state index in [1.54, 1.807) is 11.3 Å². The molecule has 1 atom stereocenters. The molecule has 21 heavy (non-hydrogen) atoms. The average Bonchev–Trinajstić information content (AvgIpc) is 2.97. The molecular weight excluding hydrogens is 296 g/mol. The van der Waals surface area contributed by atoms with Gasteiger partial charge in [0, 0.05) is 9.58 Å². The molecule has 1 aliphatic carbocycles. The van der Waals surface area contributed by atoms with Crippen LogP contribution in [-0.2, 0) is 12.8 Å². The molecule has 1 aromatic heterocycles. The van der Waals surface area contributed by atoms with E-state index in [0.29, 0.717) is 0 Å². The number of alkyl halides is 1. The second-order valence-corrected chi connectivity index (χ2v) is 7.34. The monoisotopic (exact) mass is 312 g/mol. The number of hydrogen-bond donors (Lipinski definition) is 0. The molecule has 0 radical (unpaired) electrons. The second kappa shape index (κ2) is 5.47. The molecule has 2 heteroatoms. The molecule has 0 amide bonds. The van der Waals surface area contributed by atoms with E-state index in [9.17, 15) is 0 Å². The quantitative estimate of drug-likeness (QED) is 0.501. The summed E-state index contributed by atoms with van der Waals surface area (Å²) in [7, 11) is 0. The highest BCUT2D eigenvalue weighted by atomic mass is 35.5. The van der Waals surface area contributed by atoms with Crippen LogP contribution in [0.3, 0.4) is 0 Å². The van der Waals surface area contributed by atoms with Crippen molar-refractivity contribution in [1.29, 1.82) is 0 Å². The van der Waals surface area contributed by atoms with Crippen molar-refractivity contribution in [2.75, 3.05) is 0 Å². The van der Waals surface area contributed by atoms with E-state index in [4.69, 9.17) is 11.6 Å². The maximum atomic E-state index is 6.76. The summed E-state index contributed by atoms with van der Waals surface area (Å²) in [6.07, 6.45) is 5.07. The Morgan fingerprint density at radius 2 is 1.71 bits per heavy atom. The minimum Gasteiger partial charge on any atom is -0.138 e. The van der Waals surface area contributed by atoms with Crippen LogP contribution in [0.1, 0.15) is 39.8 Å².